The fourth-order valence-corrected chi connectivity index (χ4v) is 1.39. The molecule has 1 aromatic heterocycles. The number of halogens is 2. The van der Waals surface area contributed by atoms with Gasteiger partial charge in [0.2, 0.25) is 0 Å². The van der Waals surface area contributed by atoms with E-state index in [9.17, 15) is 13.6 Å². The van der Waals surface area contributed by atoms with Crippen molar-refractivity contribution in [3.63, 3.8) is 0 Å². The largest absolute Gasteiger partial charge is 0.453 e. The minimum absolute atomic E-state index is 0.0603. The van der Waals surface area contributed by atoms with Gasteiger partial charge in [0.25, 0.3) is 0 Å². The molecule has 0 N–H and O–H groups in total. The minimum Gasteiger partial charge on any atom is -0.453 e. The first-order chi connectivity index (χ1) is 8.15. The summed E-state index contributed by atoms with van der Waals surface area (Å²) in [7, 11) is 0. The maximum Gasteiger partial charge on any atom is 0.185 e. The molecule has 0 fully saturated rings. The highest BCUT2D eigenvalue weighted by atomic mass is 19.1. The molecule has 84 valence electrons. The summed E-state index contributed by atoms with van der Waals surface area (Å²) in [6, 6.07) is 6.19. The summed E-state index contributed by atoms with van der Waals surface area (Å²) in [6.45, 7) is 0. The Morgan fingerprint density at radius 3 is 2.35 bits per heavy atom. The Morgan fingerprint density at radius 2 is 1.88 bits per heavy atom. The van der Waals surface area contributed by atoms with E-state index < -0.39 is 17.2 Å². The van der Waals surface area contributed by atoms with Crippen molar-refractivity contribution in [3.05, 3.63) is 47.2 Å². The number of hydrogen-bond acceptors (Lipinski definition) is 3. The molecule has 0 spiro atoms. The highest BCUT2D eigenvalue weighted by Gasteiger charge is 2.13. The normalized spacial score (nSPS) is 9.94. The van der Waals surface area contributed by atoms with E-state index in [1.54, 1.807) is 0 Å². The number of hydrogen-bond donors (Lipinski definition) is 0. The van der Waals surface area contributed by atoms with Crippen molar-refractivity contribution >= 4 is 6.29 Å². The Labute approximate surface area is 94.9 Å². The predicted octanol–water partition coefficient (Wildman–Crippen LogP) is 2.91. The van der Waals surface area contributed by atoms with Crippen LogP contribution in [-0.4, -0.2) is 6.29 Å². The first kappa shape index (κ1) is 11.0. The molecule has 1 heterocycles. The molecule has 0 saturated heterocycles. The molecular weight excluding hydrogens is 228 g/mol. The maximum absolute atomic E-state index is 13.3. The number of nitrogens with zero attached hydrogens (tertiary/aromatic N) is 1. The van der Waals surface area contributed by atoms with Gasteiger partial charge < -0.3 is 4.42 Å². The quantitative estimate of drug-likeness (QED) is 0.749. The third-order valence-corrected chi connectivity index (χ3v) is 2.18. The highest BCUT2D eigenvalue weighted by molar-refractivity contribution is 5.72. The van der Waals surface area contributed by atoms with Gasteiger partial charge in [-0.15, -0.1) is 0 Å². The lowest BCUT2D eigenvalue weighted by atomic mass is 10.1. The highest BCUT2D eigenvalue weighted by Crippen LogP contribution is 2.25. The minimum atomic E-state index is -0.966. The van der Waals surface area contributed by atoms with Crippen LogP contribution < -0.4 is 0 Å². The van der Waals surface area contributed by atoms with Gasteiger partial charge in [-0.3, -0.25) is 4.79 Å². The molecule has 1 aromatic carbocycles. The lowest BCUT2D eigenvalue weighted by Crippen LogP contribution is -1.91. The van der Waals surface area contributed by atoms with Crippen molar-refractivity contribution in [1.29, 1.82) is 5.26 Å². The molecule has 2 aromatic rings. The Morgan fingerprint density at radius 1 is 1.24 bits per heavy atom. The monoisotopic (exact) mass is 233 g/mol. The second-order valence-corrected chi connectivity index (χ2v) is 3.25. The van der Waals surface area contributed by atoms with E-state index in [1.165, 1.54) is 18.2 Å². The molecule has 3 nitrogen and oxygen atoms in total. The van der Waals surface area contributed by atoms with Gasteiger partial charge in [-0.25, -0.2) is 8.78 Å². The summed E-state index contributed by atoms with van der Waals surface area (Å²) in [5.41, 5.74) is -0.511. The number of aldehydes is 1. The molecule has 0 radical (unpaired) electrons. The van der Waals surface area contributed by atoms with E-state index >= 15 is 0 Å². The molecule has 0 atom stereocenters. The van der Waals surface area contributed by atoms with Crippen LogP contribution >= 0.6 is 0 Å². The van der Waals surface area contributed by atoms with Crippen molar-refractivity contribution in [2.45, 2.75) is 0 Å². The summed E-state index contributed by atoms with van der Waals surface area (Å²) in [6.07, 6.45) is 0.486. The summed E-state index contributed by atoms with van der Waals surface area (Å²) < 4.78 is 31.6. The van der Waals surface area contributed by atoms with Crippen molar-refractivity contribution < 1.29 is 18.0 Å². The zero-order valence-electron chi connectivity index (χ0n) is 8.41. The van der Waals surface area contributed by atoms with Gasteiger partial charge in [0, 0.05) is 5.56 Å². The van der Waals surface area contributed by atoms with Crippen molar-refractivity contribution in [3.8, 4) is 17.4 Å². The third kappa shape index (κ3) is 1.93. The van der Waals surface area contributed by atoms with Crippen LogP contribution in [-0.2, 0) is 0 Å². The molecule has 0 aliphatic rings. The Hall–Kier alpha value is -2.48. The van der Waals surface area contributed by atoms with Gasteiger partial charge in [0.1, 0.15) is 29.0 Å². The zero-order valence-corrected chi connectivity index (χ0v) is 8.41. The standard InChI is InChI=1S/C12H5F2NO2/c13-10-3-7(4-11(14)9(10)5-15)12-2-1-8(6-16)17-12/h1-4,6H. The van der Waals surface area contributed by atoms with E-state index in [0.29, 0.717) is 6.29 Å². The van der Waals surface area contributed by atoms with Crippen LogP contribution in [0.2, 0.25) is 0 Å². The fourth-order valence-electron chi connectivity index (χ4n) is 1.39. The van der Waals surface area contributed by atoms with Gasteiger partial charge >= 0.3 is 0 Å². The molecule has 17 heavy (non-hydrogen) atoms. The average molecular weight is 233 g/mol. The SMILES string of the molecule is N#Cc1c(F)cc(-c2ccc(C=O)o2)cc1F. The van der Waals surface area contributed by atoms with E-state index in [4.69, 9.17) is 9.68 Å². The van der Waals surface area contributed by atoms with Gasteiger partial charge in [-0.1, -0.05) is 0 Å². The number of carbonyl (C=O) groups is 1. The summed E-state index contributed by atoms with van der Waals surface area (Å²) in [5, 5.41) is 8.50. The van der Waals surface area contributed by atoms with E-state index in [2.05, 4.69) is 0 Å². The molecule has 0 aliphatic heterocycles. The molecule has 0 amide bonds. The number of benzene rings is 1. The summed E-state index contributed by atoms with van der Waals surface area (Å²) in [5.74, 6) is -1.71. The van der Waals surface area contributed by atoms with Crippen molar-refractivity contribution in [1.82, 2.24) is 0 Å². The Bertz CT molecular complexity index is 603. The lowest BCUT2D eigenvalue weighted by molar-refractivity contribution is 0.110. The third-order valence-electron chi connectivity index (χ3n) is 2.18. The Kier molecular flexibility index (Phi) is 2.71. The number of nitriles is 1. The maximum atomic E-state index is 13.3. The second kappa shape index (κ2) is 4.18. The molecule has 2 rings (SSSR count). The fraction of sp³-hybridized carbons (Fsp3) is 0. The van der Waals surface area contributed by atoms with Gasteiger partial charge in [-0.05, 0) is 24.3 Å². The topological polar surface area (TPSA) is 54.0 Å². The molecule has 0 aliphatic carbocycles. The lowest BCUT2D eigenvalue weighted by Gasteiger charge is -2.00. The van der Waals surface area contributed by atoms with E-state index in [0.717, 1.165) is 12.1 Å². The first-order valence-electron chi connectivity index (χ1n) is 4.60. The molecule has 5 heteroatoms. The van der Waals surface area contributed by atoms with Crippen LogP contribution in [0, 0.1) is 23.0 Å². The van der Waals surface area contributed by atoms with Gasteiger partial charge in [0.05, 0.1) is 0 Å². The van der Waals surface area contributed by atoms with Crippen molar-refractivity contribution in [2.24, 2.45) is 0 Å². The molecule has 0 saturated carbocycles. The molecular formula is C12H5F2NO2. The van der Waals surface area contributed by atoms with Crippen molar-refractivity contribution in [2.75, 3.05) is 0 Å². The van der Waals surface area contributed by atoms with Crippen LogP contribution in [0.1, 0.15) is 16.1 Å². The van der Waals surface area contributed by atoms with E-state index in [1.807, 2.05) is 0 Å². The number of carbonyl (C=O) groups excluding carboxylic acids is 1. The predicted molar refractivity (Wildman–Crippen MR) is 54.2 cm³/mol. The van der Waals surface area contributed by atoms with Crippen LogP contribution in [0.3, 0.4) is 0 Å². The molecule has 0 unspecified atom stereocenters. The second-order valence-electron chi connectivity index (χ2n) is 3.25. The summed E-state index contributed by atoms with van der Waals surface area (Å²) in [4.78, 5) is 10.4. The van der Waals surface area contributed by atoms with Crippen LogP contribution in [0.4, 0.5) is 8.78 Å². The Balaban J connectivity index is 2.54. The van der Waals surface area contributed by atoms with Crippen LogP contribution in [0.5, 0.6) is 0 Å². The van der Waals surface area contributed by atoms with Gasteiger partial charge in [-0.2, -0.15) is 5.26 Å². The van der Waals surface area contributed by atoms with E-state index in [-0.39, 0.29) is 17.1 Å². The van der Waals surface area contributed by atoms with Crippen LogP contribution in [0.25, 0.3) is 11.3 Å². The molecule has 0 bridgehead atoms. The zero-order chi connectivity index (χ0) is 12.4. The van der Waals surface area contributed by atoms with Crippen LogP contribution in [0.15, 0.2) is 28.7 Å². The first-order valence-corrected chi connectivity index (χ1v) is 4.60. The smallest absolute Gasteiger partial charge is 0.185 e. The number of furan rings is 1. The summed E-state index contributed by atoms with van der Waals surface area (Å²) >= 11 is 0. The number of rotatable bonds is 2. The van der Waals surface area contributed by atoms with Gasteiger partial charge in [0.15, 0.2) is 12.0 Å². The average Bonchev–Trinajstić information content (AvgIpc) is 2.77.